The summed E-state index contributed by atoms with van der Waals surface area (Å²) in [7, 11) is 1.47. The molecule has 0 aromatic carbocycles. The fraction of sp³-hybridized carbons (Fsp3) is 0.857. The Bertz CT molecular complexity index is 334. The maximum Gasteiger partial charge on any atom is 0.323 e. The van der Waals surface area contributed by atoms with Crippen molar-refractivity contribution in [2.75, 3.05) is 26.7 Å². The van der Waals surface area contributed by atoms with E-state index in [9.17, 15) is 9.59 Å². The van der Waals surface area contributed by atoms with Gasteiger partial charge < -0.3 is 10.1 Å². The number of nitrogens with zero attached hydrogens (tertiary/aromatic N) is 1. The van der Waals surface area contributed by atoms with Crippen LogP contribution in [0, 0.1) is 11.8 Å². The minimum absolute atomic E-state index is 0.0350. The molecule has 1 amide bonds. The van der Waals surface area contributed by atoms with Gasteiger partial charge in [-0.1, -0.05) is 0 Å². The summed E-state index contributed by atoms with van der Waals surface area (Å²) in [5.74, 6) is 0.993. The number of hydrogen-bond donors (Lipinski definition) is 1. The normalized spacial score (nSPS) is 22.8. The Balaban J connectivity index is 1.80. The van der Waals surface area contributed by atoms with E-state index in [-0.39, 0.29) is 17.9 Å². The lowest BCUT2D eigenvalue weighted by molar-refractivity contribution is -0.148. The van der Waals surface area contributed by atoms with E-state index in [4.69, 9.17) is 4.74 Å². The summed E-state index contributed by atoms with van der Waals surface area (Å²) >= 11 is 0. The summed E-state index contributed by atoms with van der Waals surface area (Å²) in [5, 5.41) is 2.88. The average molecular weight is 268 g/mol. The van der Waals surface area contributed by atoms with Crippen molar-refractivity contribution in [1.29, 1.82) is 0 Å². The van der Waals surface area contributed by atoms with Crippen LogP contribution in [0.1, 0.15) is 32.6 Å². The maximum atomic E-state index is 11.9. The molecule has 1 atom stereocenters. The highest BCUT2D eigenvalue weighted by Crippen LogP contribution is 2.37. The van der Waals surface area contributed by atoms with Crippen LogP contribution in [0.3, 0.4) is 0 Å². The van der Waals surface area contributed by atoms with Gasteiger partial charge in [0.1, 0.15) is 6.04 Å². The Kier molecular flexibility index (Phi) is 4.80. The molecule has 1 aliphatic carbocycles. The van der Waals surface area contributed by atoms with Crippen molar-refractivity contribution in [1.82, 2.24) is 10.2 Å². The third kappa shape index (κ3) is 3.93. The molecule has 19 heavy (non-hydrogen) atoms. The molecule has 1 N–H and O–H groups in total. The van der Waals surface area contributed by atoms with Crippen LogP contribution >= 0.6 is 0 Å². The van der Waals surface area contributed by atoms with Crippen LogP contribution in [-0.2, 0) is 14.3 Å². The van der Waals surface area contributed by atoms with Crippen LogP contribution in [0.25, 0.3) is 0 Å². The number of nitrogens with one attached hydrogen (secondary N) is 1. The van der Waals surface area contributed by atoms with Gasteiger partial charge in [-0.15, -0.1) is 0 Å². The molecule has 0 bridgehead atoms. The van der Waals surface area contributed by atoms with Gasteiger partial charge in [0.05, 0.1) is 7.11 Å². The van der Waals surface area contributed by atoms with Crippen LogP contribution < -0.4 is 5.32 Å². The van der Waals surface area contributed by atoms with E-state index in [0.29, 0.717) is 11.8 Å². The molecule has 5 heteroatoms. The molecule has 0 aromatic rings. The zero-order valence-corrected chi connectivity index (χ0v) is 11.9. The number of ether oxygens (including phenoxy) is 1. The molecule has 0 aromatic heterocycles. The molecule has 2 rings (SSSR count). The van der Waals surface area contributed by atoms with Crippen molar-refractivity contribution in [3.05, 3.63) is 0 Å². The minimum atomic E-state index is -0.0807. The largest absolute Gasteiger partial charge is 0.468 e. The van der Waals surface area contributed by atoms with Gasteiger partial charge in [-0.2, -0.15) is 0 Å². The quantitative estimate of drug-likeness (QED) is 0.749. The van der Waals surface area contributed by atoms with Gasteiger partial charge in [0.15, 0.2) is 0 Å². The fourth-order valence-electron chi connectivity index (χ4n) is 2.90. The van der Waals surface area contributed by atoms with E-state index in [1.54, 1.807) is 6.92 Å². The predicted octanol–water partition coefficient (Wildman–Crippen LogP) is 0.786. The Morgan fingerprint density at radius 1 is 1.26 bits per heavy atom. The van der Waals surface area contributed by atoms with Crippen LogP contribution in [0.2, 0.25) is 0 Å². The third-order valence-corrected chi connectivity index (χ3v) is 4.19. The van der Waals surface area contributed by atoms with E-state index in [2.05, 4.69) is 10.2 Å². The van der Waals surface area contributed by atoms with Crippen molar-refractivity contribution in [3.8, 4) is 0 Å². The number of likely N-dealkylation sites (tertiary alicyclic amines) is 1. The fourth-order valence-corrected chi connectivity index (χ4v) is 2.90. The molecule has 2 aliphatic rings. The minimum Gasteiger partial charge on any atom is -0.468 e. The predicted molar refractivity (Wildman–Crippen MR) is 71.5 cm³/mol. The third-order valence-electron chi connectivity index (χ3n) is 4.19. The van der Waals surface area contributed by atoms with Crippen molar-refractivity contribution in [2.45, 2.75) is 38.6 Å². The summed E-state index contributed by atoms with van der Waals surface area (Å²) in [4.78, 5) is 25.0. The lowest BCUT2D eigenvalue weighted by Crippen LogP contribution is -2.48. The molecule has 1 aliphatic heterocycles. The number of rotatable bonds is 5. The Morgan fingerprint density at radius 2 is 1.89 bits per heavy atom. The summed E-state index contributed by atoms with van der Waals surface area (Å²) in [6, 6.07) is -0.0354. The number of esters is 1. The van der Waals surface area contributed by atoms with Crippen LogP contribution in [0.15, 0.2) is 0 Å². The monoisotopic (exact) mass is 268 g/mol. The van der Waals surface area contributed by atoms with Crippen LogP contribution in [0.4, 0.5) is 0 Å². The summed E-state index contributed by atoms with van der Waals surface area (Å²) < 4.78 is 4.94. The van der Waals surface area contributed by atoms with E-state index in [1.165, 1.54) is 7.11 Å². The van der Waals surface area contributed by atoms with Gasteiger partial charge >= 0.3 is 5.97 Å². The molecule has 1 saturated heterocycles. The number of carbonyl (C=O) groups is 2. The van der Waals surface area contributed by atoms with E-state index in [1.807, 2.05) is 0 Å². The number of piperidine rings is 1. The molecule has 0 spiro atoms. The van der Waals surface area contributed by atoms with Crippen molar-refractivity contribution < 1.29 is 14.3 Å². The molecule has 1 heterocycles. The maximum absolute atomic E-state index is 11.9. The topological polar surface area (TPSA) is 58.6 Å². The Morgan fingerprint density at radius 3 is 2.37 bits per heavy atom. The second-order valence-corrected chi connectivity index (χ2v) is 5.72. The average Bonchev–Trinajstić information content (AvgIpc) is 3.22. The van der Waals surface area contributed by atoms with Crippen molar-refractivity contribution in [2.24, 2.45) is 11.8 Å². The molecule has 0 radical (unpaired) electrons. The first-order chi connectivity index (χ1) is 9.11. The highest BCUT2D eigenvalue weighted by atomic mass is 16.5. The molecule has 1 saturated carbocycles. The van der Waals surface area contributed by atoms with Crippen molar-refractivity contribution in [3.63, 3.8) is 0 Å². The van der Waals surface area contributed by atoms with Crippen molar-refractivity contribution >= 4 is 11.9 Å². The van der Waals surface area contributed by atoms with E-state index < -0.39 is 0 Å². The summed E-state index contributed by atoms with van der Waals surface area (Å²) in [5.41, 5.74) is 0. The molecule has 1 unspecified atom stereocenters. The second kappa shape index (κ2) is 6.37. The number of carbonyl (C=O) groups excluding carboxylic acids is 2. The van der Waals surface area contributed by atoms with Gasteiger partial charge in [-0.3, -0.25) is 14.5 Å². The lowest BCUT2D eigenvalue weighted by Gasteiger charge is -2.36. The Hall–Kier alpha value is -1.10. The highest BCUT2D eigenvalue weighted by molar-refractivity contribution is 5.76. The first-order valence-corrected chi connectivity index (χ1v) is 7.18. The van der Waals surface area contributed by atoms with E-state index >= 15 is 0 Å². The first kappa shape index (κ1) is 14.3. The Labute approximate surface area is 114 Å². The van der Waals surface area contributed by atoms with Gasteiger partial charge in [-0.05, 0) is 50.6 Å². The molecule has 2 fully saturated rings. The van der Waals surface area contributed by atoms with Gasteiger partial charge in [-0.25, -0.2) is 0 Å². The molecular weight excluding hydrogens is 244 g/mol. The molecule has 108 valence electrons. The summed E-state index contributed by atoms with van der Waals surface area (Å²) in [6.07, 6.45) is 4.37. The summed E-state index contributed by atoms with van der Waals surface area (Å²) in [6.45, 7) is 4.17. The molecule has 5 nitrogen and oxygen atoms in total. The standard InChI is InChI=1S/C14H24N2O3/c1-10(17)15-9-11-5-7-16(8-6-11)13(12-3-4-12)14(18)19-2/h11-13H,3-9H2,1-2H3,(H,15,17). The second-order valence-electron chi connectivity index (χ2n) is 5.72. The smallest absolute Gasteiger partial charge is 0.323 e. The number of methoxy groups -OCH3 is 1. The van der Waals surface area contributed by atoms with Gasteiger partial charge in [0.25, 0.3) is 0 Å². The first-order valence-electron chi connectivity index (χ1n) is 7.18. The highest BCUT2D eigenvalue weighted by Gasteiger charge is 2.41. The number of amides is 1. The lowest BCUT2D eigenvalue weighted by atomic mass is 9.95. The van der Waals surface area contributed by atoms with Gasteiger partial charge in [0, 0.05) is 13.5 Å². The zero-order valence-electron chi connectivity index (χ0n) is 11.9. The zero-order chi connectivity index (χ0) is 13.8. The van der Waals surface area contributed by atoms with Gasteiger partial charge in [0.2, 0.25) is 5.91 Å². The molecular formula is C14H24N2O3. The van der Waals surface area contributed by atoms with Crippen LogP contribution in [0.5, 0.6) is 0 Å². The number of hydrogen-bond acceptors (Lipinski definition) is 4. The van der Waals surface area contributed by atoms with E-state index in [0.717, 1.165) is 45.3 Å². The SMILES string of the molecule is COC(=O)C(C1CC1)N1CCC(CNC(C)=O)CC1. The van der Waals surface area contributed by atoms with Crippen LogP contribution in [-0.4, -0.2) is 49.6 Å².